The van der Waals surface area contributed by atoms with Crippen molar-refractivity contribution >= 4 is 28.6 Å². The molecule has 2 aromatic carbocycles. The average molecular weight is 406 g/mol. The molecule has 0 spiro atoms. The number of hydrogen-bond acceptors (Lipinski definition) is 4. The first kappa shape index (κ1) is 21.3. The fourth-order valence-electron chi connectivity index (χ4n) is 3.48. The molecular weight excluding hydrogens is 380 g/mol. The number of fused-ring (bicyclic) bond motifs is 1. The highest BCUT2D eigenvalue weighted by Crippen LogP contribution is 2.22. The number of carbonyl (C=O) groups is 3. The molecule has 1 atom stereocenters. The van der Waals surface area contributed by atoms with Crippen LogP contribution in [0.4, 0.5) is 0 Å². The van der Waals surface area contributed by atoms with Crippen molar-refractivity contribution in [3.63, 3.8) is 0 Å². The van der Waals surface area contributed by atoms with Gasteiger partial charge in [0.05, 0.1) is 0 Å². The van der Waals surface area contributed by atoms with E-state index in [9.17, 15) is 14.4 Å². The van der Waals surface area contributed by atoms with Gasteiger partial charge in [-0.2, -0.15) is 0 Å². The van der Waals surface area contributed by atoms with E-state index in [1.165, 1.54) is 0 Å². The molecule has 1 heterocycles. The second-order valence-corrected chi connectivity index (χ2v) is 7.71. The summed E-state index contributed by atoms with van der Waals surface area (Å²) in [5.41, 5.74) is 3.42. The van der Waals surface area contributed by atoms with Gasteiger partial charge in [0.15, 0.2) is 6.61 Å². The van der Waals surface area contributed by atoms with Crippen LogP contribution in [0.1, 0.15) is 45.8 Å². The van der Waals surface area contributed by atoms with E-state index in [1.54, 1.807) is 12.1 Å². The predicted molar refractivity (Wildman–Crippen MR) is 116 cm³/mol. The summed E-state index contributed by atoms with van der Waals surface area (Å²) in [4.78, 5) is 41.2. The van der Waals surface area contributed by atoms with E-state index in [-0.39, 0.29) is 24.2 Å². The Balaban J connectivity index is 1.69. The SMILES string of the molecule is Cc1ccccc1C(=O)N[C@H](C(=O)OCC(=O)c1c(C)[nH]c2ccccc12)C(C)C. The smallest absolute Gasteiger partial charge is 0.329 e. The summed E-state index contributed by atoms with van der Waals surface area (Å²) in [6.07, 6.45) is 0. The molecule has 0 unspecified atom stereocenters. The molecule has 0 radical (unpaired) electrons. The standard InChI is InChI=1S/C24H26N2O4/c1-14(2)22(26-23(28)17-10-6-5-9-15(17)3)24(29)30-13-20(27)21-16(4)25-19-12-8-7-11-18(19)21/h5-12,14,22,25H,13H2,1-4H3,(H,26,28)/t22-/m0/s1. The van der Waals surface area contributed by atoms with E-state index in [0.717, 1.165) is 22.2 Å². The number of benzene rings is 2. The summed E-state index contributed by atoms with van der Waals surface area (Å²) in [7, 11) is 0. The molecule has 0 aliphatic rings. The van der Waals surface area contributed by atoms with E-state index in [2.05, 4.69) is 10.3 Å². The van der Waals surface area contributed by atoms with Crippen LogP contribution in [-0.2, 0) is 9.53 Å². The number of aryl methyl sites for hydroxylation is 2. The van der Waals surface area contributed by atoms with Crippen LogP contribution in [-0.4, -0.2) is 35.3 Å². The number of H-pyrrole nitrogens is 1. The number of aromatic nitrogens is 1. The summed E-state index contributed by atoms with van der Waals surface area (Å²) < 4.78 is 5.30. The van der Waals surface area contributed by atoms with Gasteiger partial charge in [-0.05, 0) is 37.5 Å². The molecule has 1 aromatic heterocycles. The fraction of sp³-hybridized carbons (Fsp3) is 0.292. The van der Waals surface area contributed by atoms with E-state index >= 15 is 0 Å². The van der Waals surface area contributed by atoms with Crippen molar-refractivity contribution < 1.29 is 19.1 Å². The van der Waals surface area contributed by atoms with Crippen LogP contribution in [0.3, 0.4) is 0 Å². The van der Waals surface area contributed by atoms with Gasteiger partial charge in [-0.1, -0.05) is 50.2 Å². The maximum Gasteiger partial charge on any atom is 0.329 e. The number of aromatic amines is 1. The van der Waals surface area contributed by atoms with E-state index in [4.69, 9.17) is 4.74 Å². The topological polar surface area (TPSA) is 88.3 Å². The molecule has 0 saturated heterocycles. The third-order valence-corrected chi connectivity index (χ3v) is 5.11. The molecule has 0 aliphatic heterocycles. The van der Waals surface area contributed by atoms with Gasteiger partial charge in [0.2, 0.25) is 5.78 Å². The summed E-state index contributed by atoms with van der Waals surface area (Å²) in [6, 6.07) is 13.8. The largest absolute Gasteiger partial charge is 0.456 e. The second-order valence-electron chi connectivity index (χ2n) is 7.71. The molecule has 0 bridgehead atoms. The predicted octanol–water partition coefficient (Wildman–Crippen LogP) is 3.97. The van der Waals surface area contributed by atoms with Crippen molar-refractivity contribution in [2.24, 2.45) is 5.92 Å². The number of amides is 1. The molecule has 0 fully saturated rings. The number of rotatable bonds is 7. The Morgan fingerprint density at radius 1 is 1.00 bits per heavy atom. The highest BCUT2D eigenvalue weighted by Gasteiger charge is 2.28. The summed E-state index contributed by atoms with van der Waals surface area (Å²) in [6.45, 7) is 6.89. The first-order chi connectivity index (χ1) is 14.3. The van der Waals surface area contributed by atoms with Crippen molar-refractivity contribution in [2.75, 3.05) is 6.61 Å². The summed E-state index contributed by atoms with van der Waals surface area (Å²) in [5, 5.41) is 3.54. The maximum absolute atomic E-state index is 12.7. The Morgan fingerprint density at radius 3 is 2.37 bits per heavy atom. The number of hydrogen-bond donors (Lipinski definition) is 2. The van der Waals surface area contributed by atoms with Crippen molar-refractivity contribution in [1.82, 2.24) is 10.3 Å². The third kappa shape index (κ3) is 4.43. The van der Waals surface area contributed by atoms with Gasteiger partial charge in [-0.25, -0.2) is 4.79 Å². The average Bonchev–Trinajstić information content (AvgIpc) is 3.05. The molecule has 1 amide bonds. The van der Waals surface area contributed by atoms with Gasteiger partial charge < -0.3 is 15.0 Å². The van der Waals surface area contributed by atoms with E-state index in [0.29, 0.717) is 11.1 Å². The van der Waals surface area contributed by atoms with Crippen molar-refractivity contribution in [2.45, 2.75) is 33.7 Å². The van der Waals surface area contributed by atoms with Gasteiger partial charge >= 0.3 is 5.97 Å². The summed E-state index contributed by atoms with van der Waals surface area (Å²) >= 11 is 0. The molecule has 30 heavy (non-hydrogen) atoms. The lowest BCUT2D eigenvalue weighted by atomic mass is 10.0. The van der Waals surface area contributed by atoms with Crippen molar-refractivity contribution in [3.05, 3.63) is 70.9 Å². The van der Waals surface area contributed by atoms with Gasteiger partial charge in [-0.15, -0.1) is 0 Å². The number of ether oxygens (including phenoxy) is 1. The zero-order chi connectivity index (χ0) is 21.8. The number of para-hydroxylation sites is 1. The zero-order valence-corrected chi connectivity index (χ0v) is 17.6. The minimum atomic E-state index is -0.853. The van der Waals surface area contributed by atoms with Gasteiger partial charge in [0, 0.05) is 27.7 Å². The lowest BCUT2D eigenvalue weighted by Gasteiger charge is -2.21. The van der Waals surface area contributed by atoms with Crippen molar-refractivity contribution in [3.8, 4) is 0 Å². The molecular formula is C24H26N2O4. The second kappa shape index (κ2) is 8.95. The lowest BCUT2D eigenvalue weighted by molar-refractivity contribution is -0.145. The number of ketones is 1. The monoisotopic (exact) mass is 406 g/mol. The molecule has 6 heteroatoms. The molecule has 0 saturated carbocycles. The van der Waals surface area contributed by atoms with Gasteiger partial charge in [-0.3, -0.25) is 9.59 Å². The van der Waals surface area contributed by atoms with Crippen LogP contribution in [0.25, 0.3) is 10.9 Å². The number of carbonyl (C=O) groups excluding carboxylic acids is 3. The van der Waals surface area contributed by atoms with E-state index < -0.39 is 12.0 Å². The van der Waals surface area contributed by atoms with Crippen LogP contribution in [0, 0.1) is 19.8 Å². The van der Waals surface area contributed by atoms with Gasteiger partial charge in [0.25, 0.3) is 5.91 Å². The van der Waals surface area contributed by atoms with E-state index in [1.807, 2.05) is 64.1 Å². The third-order valence-electron chi connectivity index (χ3n) is 5.11. The van der Waals surface area contributed by atoms with Crippen molar-refractivity contribution in [1.29, 1.82) is 0 Å². The molecule has 3 rings (SSSR count). The number of Topliss-reactive ketones (excluding diaryl/α,β-unsaturated/α-hetero) is 1. The Hall–Kier alpha value is -3.41. The number of esters is 1. The highest BCUT2D eigenvalue weighted by molar-refractivity contribution is 6.10. The van der Waals surface area contributed by atoms with Gasteiger partial charge in [0.1, 0.15) is 6.04 Å². The van der Waals surface area contributed by atoms with Crippen LogP contribution >= 0.6 is 0 Å². The van der Waals surface area contributed by atoms with Crippen LogP contribution in [0.5, 0.6) is 0 Å². The molecule has 0 aliphatic carbocycles. The number of nitrogens with one attached hydrogen (secondary N) is 2. The molecule has 156 valence electrons. The molecule has 2 N–H and O–H groups in total. The highest BCUT2D eigenvalue weighted by atomic mass is 16.5. The van der Waals surface area contributed by atoms with Crippen LogP contribution in [0.15, 0.2) is 48.5 Å². The first-order valence-corrected chi connectivity index (χ1v) is 9.93. The maximum atomic E-state index is 12.7. The minimum absolute atomic E-state index is 0.199. The van der Waals surface area contributed by atoms with Crippen LogP contribution in [0.2, 0.25) is 0 Å². The Labute approximate surface area is 175 Å². The molecule has 3 aromatic rings. The first-order valence-electron chi connectivity index (χ1n) is 9.93. The molecule has 6 nitrogen and oxygen atoms in total. The summed E-state index contributed by atoms with van der Waals surface area (Å²) in [5.74, 6) is -1.46. The lowest BCUT2D eigenvalue weighted by Crippen LogP contribution is -2.45. The normalized spacial score (nSPS) is 12.0. The zero-order valence-electron chi connectivity index (χ0n) is 17.6. The minimum Gasteiger partial charge on any atom is -0.456 e. The Morgan fingerprint density at radius 2 is 1.67 bits per heavy atom. The van der Waals surface area contributed by atoms with Crippen LogP contribution < -0.4 is 5.32 Å². The quantitative estimate of drug-likeness (QED) is 0.459. The Kier molecular flexibility index (Phi) is 6.35. The fourth-order valence-corrected chi connectivity index (χ4v) is 3.48. The Bertz CT molecular complexity index is 1100.